The highest BCUT2D eigenvalue weighted by Crippen LogP contribution is 2.42. The normalized spacial score (nSPS) is 20.2. The van der Waals surface area contributed by atoms with Crippen molar-refractivity contribution < 1.29 is 14.3 Å². The lowest BCUT2D eigenvalue weighted by Crippen LogP contribution is -2.33. The molecule has 0 aromatic heterocycles. The van der Waals surface area contributed by atoms with Crippen molar-refractivity contribution in [2.75, 3.05) is 5.01 Å². The summed E-state index contributed by atoms with van der Waals surface area (Å²) in [5, 5.41) is 1.31. The Morgan fingerprint density at radius 1 is 1.44 bits per heavy atom. The molecule has 1 N–H and O–H groups in total. The second-order valence-electron chi connectivity index (χ2n) is 5.04. The first kappa shape index (κ1) is 11.0. The monoisotopic (exact) mass is 246 g/mol. The molecule has 1 saturated heterocycles. The van der Waals surface area contributed by atoms with Gasteiger partial charge in [0.25, 0.3) is 0 Å². The quantitative estimate of drug-likeness (QED) is 0.826. The molecule has 1 amide bonds. The molecule has 5 heteroatoms. The van der Waals surface area contributed by atoms with Crippen LogP contribution in [0.1, 0.15) is 19.4 Å². The Kier molecular flexibility index (Phi) is 2.08. The largest absolute Gasteiger partial charge is 0.485 e. The number of rotatable bonds is 1. The first-order valence-electron chi connectivity index (χ1n) is 5.75. The molecule has 1 aromatic carbocycles. The lowest BCUT2D eigenvalue weighted by atomic mass is 10.0. The van der Waals surface area contributed by atoms with Crippen LogP contribution < -0.4 is 15.2 Å². The van der Waals surface area contributed by atoms with Crippen molar-refractivity contribution in [3.8, 4) is 5.75 Å². The van der Waals surface area contributed by atoms with Crippen LogP contribution in [0, 0.1) is 0 Å². The first-order valence-corrected chi connectivity index (χ1v) is 5.75. The number of amides is 1. The van der Waals surface area contributed by atoms with E-state index in [1.165, 1.54) is 5.01 Å². The van der Waals surface area contributed by atoms with Crippen LogP contribution in [-0.2, 0) is 11.2 Å². The van der Waals surface area contributed by atoms with Crippen LogP contribution >= 0.6 is 0 Å². The fourth-order valence-electron chi connectivity index (χ4n) is 2.28. The van der Waals surface area contributed by atoms with Gasteiger partial charge < -0.3 is 9.47 Å². The number of cyclic esters (lactones) is 1. The van der Waals surface area contributed by atoms with Gasteiger partial charge in [0.15, 0.2) is 0 Å². The van der Waals surface area contributed by atoms with Gasteiger partial charge in [-0.1, -0.05) is 12.1 Å². The van der Waals surface area contributed by atoms with E-state index in [4.69, 9.17) is 9.47 Å². The lowest BCUT2D eigenvalue weighted by Gasteiger charge is -2.20. The van der Waals surface area contributed by atoms with Crippen molar-refractivity contribution in [3.63, 3.8) is 0 Å². The average Bonchev–Trinajstić information content (AvgIpc) is 2.75. The number of benzene rings is 1. The summed E-state index contributed by atoms with van der Waals surface area (Å²) in [6.45, 7) is 7.60. The van der Waals surface area contributed by atoms with Crippen LogP contribution in [0.25, 0.3) is 0 Å². The zero-order chi connectivity index (χ0) is 12.9. The number of hydrazine groups is 1. The first-order chi connectivity index (χ1) is 8.46. The molecule has 1 aromatic rings. The van der Waals surface area contributed by atoms with Gasteiger partial charge in [-0.25, -0.2) is 4.79 Å². The molecule has 2 aliphatic rings. The maximum Gasteiger partial charge on any atom is 0.440 e. The van der Waals surface area contributed by atoms with Crippen molar-refractivity contribution in [2.24, 2.45) is 0 Å². The smallest absolute Gasteiger partial charge is 0.440 e. The van der Waals surface area contributed by atoms with Crippen molar-refractivity contribution in [1.29, 1.82) is 0 Å². The third-order valence-corrected chi connectivity index (χ3v) is 2.94. The number of carbonyl (C=O) groups excluding carboxylic acids is 1. The minimum Gasteiger partial charge on any atom is -0.485 e. The zero-order valence-electron chi connectivity index (χ0n) is 10.3. The summed E-state index contributed by atoms with van der Waals surface area (Å²) in [4.78, 5) is 11.7. The molecule has 0 spiro atoms. The van der Waals surface area contributed by atoms with E-state index in [0.29, 0.717) is 5.69 Å². The molecule has 94 valence electrons. The zero-order valence-corrected chi connectivity index (χ0v) is 10.3. The molecule has 0 radical (unpaired) electrons. The van der Waals surface area contributed by atoms with Crippen LogP contribution in [0.4, 0.5) is 10.5 Å². The number of hydrogen-bond donors (Lipinski definition) is 1. The summed E-state index contributed by atoms with van der Waals surface area (Å²) in [5.74, 6) is 0.941. The van der Waals surface area contributed by atoms with Gasteiger partial charge in [-0.05, 0) is 26.5 Å². The molecule has 0 aliphatic carbocycles. The highest BCUT2D eigenvalue weighted by Gasteiger charge is 2.36. The van der Waals surface area contributed by atoms with Crippen molar-refractivity contribution in [2.45, 2.75) is 25.9 Å². The van der Waals surface area contributed by atoms with Gasteiger partial charge in [0.2, 0.25) is 5.88 Å². The molecular weight excluding hydrogens is 232 g/mol. The molecule has 0 unspecified atom stereocenters. The molecule has 0 saturated carbocycles. The Hall–Kier alpha value is -2.17. The van der Waals surface area contributed by atoms with Crippen molar-refractivity contribution >= 4 is 11.8 Å². The third kappa shape index (κ3) is 1.59. The molecular formula is C13H14N2O3. The Labute approximate surface area is 105 Å². The van der Waals surface area contributed by atoms with E-state index in [2.05, 4.69) is 12.0 Å². The average molecular weight is 246 g/mol. The topological polar surface area (TPSA) is 50.8 Å². The van der Waals surface area contributed by atoms with Gasteiger partial charge in [0.1, 0.15) is 17.0 Å². The Morgan fingerprint density at radius 2 is 2.22 bits per heavy atom. The fourth-order valence-corrected chi connectivity index (χ4v) is 2.28. The summed E-state index contributed by atoms with van der Waals surface area (Å²) in [5.41, 5.74) is 4.26. The second kappa shape index (κ2) is 3.41. The predicted molar refractivity (Wildman–Crippen MR) is 66.1 cm³/mol. The van der Waals surface area contributed by atoms with E-state index in [-0.39, 0.29) is 11.5 Å². The maximum atomic E-state index is 11.7. The fraction of sp³-hybridized carbons (Fsp3) is 0.308. The van der Waals surface area contributed by atoms with E-state index < -0.39 is 6.09 Å². The predicted octanol–water partition coefficient (Wildman–Crippen LogP) is 2.33. The van der Waals surface area contributed by atoms with Crippen LogP contribution in [-0.4, -0.2) is 11.7 Å². The molecule has 0 atom stereocenters. The summed E-state index contributed by atoms with van der Waals surface area (Å²) < 4.78 is 10.8. The van der Waals surface area contributed by atoms with E-state index in [9.17, 15) is 4.79 Å². The molecule has 5 nitrogen and oxygen atoms in total. The highest BCUT2D eigenvalue weighted by atomic mass is 16.6. The number of hydrogen-bond acceptors (Lipinski definition) is 4. The number of nitrogens with zero attached hydrogens (tertiary/aromatic N) is 1. The van der Waals surface area contributed by atoms with Crippen LogP contribution in [0.2, 0.25) is 0 Å². The minimum atomic E-state index is -0.498. The maximum absolute atomic E-state index is 11.7. The standard InChI is InChI=1S/C13H14N2O3/c1-8-14-15(12(16)17-8)10-6-4-5-9-7-13(2,3)18-11(9)10/h4-6,14H,1,7H2,2-3H3. The van der Waals surface area contributed by atoms with Gasteiger partial charge in [-0.3, -0.25) is 5.43 Å². The molecule has 18 heavy (non-hydrogen) atoms. The van der Waals surface area contributed by atoms with E-state index in [1.807, 2.05) is 32.0 Å². The molecule has 2 aliphatic heterocycles. The van der Waals surface area contributed by atoms with Gasteiger partial charge in [0, 0.05) is 12.0 Å². The van der Waals surface area contributed by atoms with Gasteiger partial charge in [-0.2, -0.15) is 5.01 Å². The van der Waals surface area contributed by atoms with Crippen molar-refractivity contribution in [3.05, 3.63) is 36.2 Å². The van der Waals surface area contributed by atoms with Gasteiger partial charge >= 0.3 is 6.09 Å². The summed E-state index contributed by atoms with van der Waals surface area (Å²) in [7, 11) is 0. The van der Waals surface area contributed by atoms with E-state index in [0.717, 1.165) is 17.7 Å². The molecule has 0 bridgehead atoms. The Balaban J connectivity index is 2.03. The van der Waals surface area contributed by atoms with Gasteiger partial charge in [-0.15, -0.1) is 0 Å². The van der Waals surface area contributed by atoms with Crippen LogP contribution in [0.3, 0.4) is 0 Å². The van der Waals surface area contributed by atoms with E-state index >= 15 is 0 Å². The number of anilines is 1. The Morgan fingerprint density at radius 3 is 2.89 bits per heavy atom. The summed E-state index contributed by atoms with van der Waals surface area (Å²) in [6.07, 6.45) is 0.321. The minimum absolute atomic E-state index is 0.217. The third-order valence-electron chi connectivity index (χ3n) is 2.94. The molecule has 2 heterocycles. The number of para-hydroxylation sites is 1. The number of nitrogens with one attached hydrogen (secondary N) is 1. The lowest BCUT2D eigenvalue weighted by molar-refractivity contribution is 0.138. The molecule has 1 fully saturated rings. The summed E-state index contributed by atoms with van der Waals surface area (Å²) in [6, 6.07) is 5.71. The highest BCUT2D eigenvalue weighted by molar-refractivity contribution is 5.92. The van der Waals surface area contributed by atoms with Crippen LogP contribution in [0.15, 0.2) is 30.7 Å². The SMILES string of the molecule is C=C1NN(c2cccc3c2OC(C)(C)C3)C(=O)O1. The molecule has 3 rings (SSSR count). The Bertz CT molecular complexity index is 551. The second-order valence-corrected chi connectivity index (χ2v) is 5.04. The van der Waals surface area contributed by atoms with Gasteiger partial charge in [0.05, 0.1) is 0 Å². The van der Waals surface area contributed by atoms with Crippen molar-refractivity contribution in [1.82, 2.24) is 5.43 Å². The number of ether oxygens (including phenoxy) is 2. The number of fused-ring (bicyclic) bond motifs is 1. The van der Waals surface area contributed by atoms with Crippen LogP contribution in [0.5, 0.6) is 5.75 Å². The number of carbonyl (C=O) groups is 1. The van der Waals surface area contributed by atoms with E-state index in [1.54, 1.807) is 0 Å². The summed E-state index contributed by atoms with van der Waals surface area (Å²) >= 11 is 0.